The number of hydrogen-bond acceptors (Lipinski definition) is 3. The van der Waals surface area contributed by atoms with Gasteiger partial charge in [0.15, 0.2) is 0 Å². The van der Waals surface area contributed by atoms with Crippen LogP contribution in [0.15, 0.2) is 0 Å². The van der Waals surface area contributed by atoms with Gasteiger partial charge < -0.3 is 15.8 Å². The number of hydrogen-bond donors (Lipinski definition) is 3. The third-order valence-electron chi connectivity index (χ3n) is 2.14. The number of nitrogens with two attached hydrogens (primary N) is 1. The molecule has 0 amide bonds. The largest absolute Gasteiger partial charge is 0.384 e. The molecule has 0 radical (unpaired) electrons. The summed E-state index contributed by atoms with van der Waals surface area (Å²) >= 11 is 0. The van der Waals surface area contributed by atoms with Crippen LogP contribution in [0.4, 0.5) is 0 Å². The summed E-state index contributed by atoms with van der Waals surface area (Å²) in [4.78, 5) is 7.39. The lowest BCUT2D eigenvalue weighted by molar-refractivity contribution is 0.177. The molecule has 0 aromatic carbocycles. The molecule has 1 heterocycles. The normalized spacial score (nSPS) is 13.6. The quantitative estimate of drug-likeness (QED) is 0.671. The Kier molecular flexibility index (Phi) is 3.66. The number of rotatable bonds is 4. The van der Waals surface area contributed by atoms with Crippen molar-refractivity contribution in [2.24, 2.45) is 11.7 Å². The number of aryl methyl sites for hydroxylation is 1. The summed E-state index contributed by atoms with van der Waals surface area (Å²) in [5.74, 6) is 1.15. The predicted molar refractivity (Wildman–Crippen MR) is 55.9 cm³/mol. The molecule has 0 saturated carbocycles. The van der Waals surface area contributed by atoms with Crippen LogP contribution < -0.4 is 5.73 Å². The average Bonchev–Trinajstić information content (AvgIpc) is 2.46. The molecule has 4 nitrogen and oxygen atoms in total. The topological polar surface area (TPSA) is 74.9 Å². The van der Waals surface area contributed by atoms with Gasteiger partial charge in [-0.25, -0.2) is 4.98 Å². The first-order chi connectivity index (χ1) is 6.54. The third-order valence-corrected chi connectivity index (χ3v) is 2.14. The van der Waals surface area contributed by atoms with E-state index < -0.39 is 6.10 Å². The Bertz CT molecular complexity index is 294. The molecule has 1 rings (SSSR count). The van der Waals surface area contributed by atoms with E-state index in [9.17, 15) is 5.11 Å². The van der Waals surface area contributed by atoms with Gasteiger partial charge in [-0.3, -0.25) is 0 Å². The highest BCUT2D eigenvalue weighted by Gasteiger charge is 2.13. The molecule has 0 aliphatic carbocycles. The predicted octanol–water partition coefficient (Wildman–Crippen LogP) is 0.909. The Morgan fingerprint density at radius 3 is 2.64 bits per heavy atom. The van der Waals surface area contributed by atoms with Gasteiger partial charge in [0.2, 0.25) is 0 Å². The highest BCUT2D eigenvalue weighted by atomic mass is 16.3. The monoisotopic (exact) mass is 197 g/mol. The molecule has 1 aromatic heterocycles. The van der Waals surface area contributed by atoms with Gasteiger partial charge in [0, 0.05) is 12.2 Å². The molecule has 4 heteroatoms. The summed E-state index contributed by atoms with van der Waals surface area (Å²) in [6.45, 7) is 6.46. The van der Waals surface area contributed by atoms with Crippen molar-refractivity contribution < 1.29 is 5.11 Å². The van der Waals surface area contributed by atoms with Gasteiger partial charge in [0.05, 0.1) is 5.69 Å². The maximum atomic E-state index is 9.48. The minimum atomic E-state index is -0.672. The van der Waals surface area contributed by atoms with E-state index in [4.69, 9.17) is 5.73 Å². The van der Waals surface area contributed by atoms with Crippen molar-refractivity contribution in [2.75, 3.05) is 6.54 Å². The van der Waals surface area contributed by atoms with Gasteiger partial charge >= 0.3 is 0 Å². The second-order valence-corrected chi connectivity index (χ2v) is 4.04. The molecule has 1 aromatic rings. The van der Waals surface area contributed by atoms with Crippen molar-refractivity contribution in [1.29, 1.82) is 0 Å². The van der Waals surface area contributed by atoms with Gasteiger partial charge in [-0.05, 0) is 19.3 Å². The van der Waals surface area contributed by atoms with Gasteiger partial charge in [-0.2, -0.15) is 0 Å². The lowest BCUT2D eigenvalue weighted by atomic mass is 10.1. The molecule has 0 saturated heterocycles. The molecule has 14 heavy (non-hydrogen) atoms. The zero-order valence-electron chi connectivity index (χ0n) is 9.04. The van der Waals surface area contributed by atoms with Gasteiger partial charge in [-0.1, -0.05) is 13.8 Å². The number of aromatic amines is 1. The van der Waals surface area contributed by atoms with Gasteiger partial charge in [-0.15, -0.1) is 0 Å². The molecule has 80 valence electrons. The number of aliphatic hydroxyl groups is 1. The minimum absolute atomic E-state index is 0.202. The van der Waals surface area contributed by atoms with Crippen LogP contribution in [0.25, 0.3) is 0 Å². The van der Waals surface area contributed by atoms with Crippen LogP contribution in [-0.4, -0.2) is 21.6 Å². The van der Waals surface area contributed by atoms with E-state index in [0.29, 0.717) is 11.7 Å². The Morgan fingerprint density at radius 1 is 1.50 bits per heavy atom. The summed E-state index contributed by atoms with van der Waals surface area (Å²) in [5.41, 5.74) is 7.41. The number of nitrogens with one attached hydrogen (secondary N) is 1. The molecule has 0 fully saturated rings. The molecule has 1 unspecified atom stereocenters. The van der Waals surface area contributed by atoms with Crippen molar-refractivity contribution in [2.45, 2.75) is 33.3 Å². The Labute approximate surface area is 84.5 Å². The van der Waals surface area contributed by atoms with E-state index in [0.717, 1.165) is 17.8 Å². The van der Waals surface area contributed by atoms with Crippen molar-refractivity contribution in [3.05, 3.63) is 17.2 Å². The lowest BCUT2D eigenvalue weighted by Crippen LogP contribution is -2.13. The third kappa shape index (κ3) is 2.56. The van der Waals surface area contributed by atoms with Crippen LogP contribution in [-0.2, 0) is 6.42 Å². The second kappa shape index (κ2) is 4.57. The Balaban J connectivity index is 2.82. The molecule has 0 aliphatic heterocycles. The first kappa shape index (κ1) is 11.2. The average molecular weight is 197 g/mol. The number of H-pyrrole nitrogens is 1. The summed E-state index contributed by atoms with van der Waals surface area (Å²) < 4.78 is 0. The van der Waals surface area contributed by atoms with Crippen molar-refractivity contribution in [3.8, 4) is 0 Å². The second-order valence-electron chi connectivity index (χ2n) is 4.04. The first-order valence-corrected chi connectivity index (χ1v) is 4.98. The Morgan fingerprint density at radius 2 is 2.14 bits per heavy atom. The zero-order valence-corrected chi connectivity index (χ0v) is 9.04. The van der Waals surface area contributed by atoms with Crippen molar-refractivity contribution in [3.63, 3.8) is 0 Å². The Hall–Kier alpha value is -0.870. The highest BCUT2D eigenvalue weighted by molar-refractivity contribution is 5.14. The van der Waals surface area contributed by atoms with E-state index >= 15 is 0 Å². The van der Waals surface area contributed by atoms with Gasteiger partial charge in [0.25, 0.3) is 0 Å². The molecule has 4 N–H and O–H groups in total. The van der Waals surface area contributed by atoms with Crippen LogP contribution in [0.5, 0.6) is 0 Å². The van der Waals surface area contributed by atoms with E-state index in [1.807, 2.05) is 6.92 Å². The van der Waals surface area contributed by atoms with Crippen LogP contribution in [0.1, 0.15) is 37.2 Å². The lowest BCUT2D eigenvalue weighted by Gasteiger charge is -2.02. The van der Waals surface area contributed by atoms with Crippen LogP contribution in [0.3, 0.4) is 0 Å². The van der Waals surface area contributed by atoms with Gasteiger partial charge in [0.1, 0.15) is 11.9 Å². The molecular weight excluding hydrogens is 178 g/mol. The summed E-state index contributed by atoms with van der Waals surface area (Å²) in [6, 6.07) is 0. The standard InChI is InChI=1S/C10H19N3O/c1-6(2)4-8-7(3)12-10(13-8)9(14)5-11/h6,9,14H,4-5,11H2,1-3H3,(H,12,13). The zero-order chi connectivity index (χ0) is 10.7. The maximum Gasteiger partial charge on any atom is 0.136 e. The first-order valence-electron chi connectivity index (χ1n) is 4.98. The highest BCUT2D eigenvalue weighted by Crippen LogP contribution is 2.14. The number of aromatic nitrogens is 2. The summed E-state index contributed by atoms with van der Waals surface area (Å²) in [5, 5.41) is 9.48. The van der Waals surface area contributed by atoms with E-state index in [1.54, 1.807) is 0 Å². The molecule has 0 bridgehead atoms. The number of aliphatic hydroxyl groups excluding tert-OH is 1. The van der Waals surface area contributed by atoms with E-state index in [-0.39, 0.29) is 6.54 Å². The SMILES string of the molecule is Cc1[nH]c(C(O)CN)nc1CC(C)C. The number of imidazole rings is 1. The fourth-order valence-electron chi connectivity index (χ4n) is 1.38. The van der Waals surface area contributed by atoms with Crippen molar-refractivity contribution in [1.82, 2.24) is 9.97 Å². The smallest absolute Gasteiger partial charge is 0.136 e. The van der Waals surface area contributed by atoms with E-state index in [1.165, 1.54) is 0 Å². The fourth-order valence-corrected chi connectivity index (χ4v) is 1.38. The van der Waals surface area contributed by atoms with Crippen LogP contribution in [0, 0.1) is 12.8 Å². The number of nitrogens with zero attached hydrogens (tertiary/aromatic N) is 1. The molecule has 0 aliphatic rings. The maximum absolute atomic E-state index is 9.48. The summed E-state index contributed by atoms with van der Waals surface area (Å²) in [7, 11) is 0. The molecular formula is C10H19N3O. The van der Waals surface area contributed by atoms with Crippen LogP contribution >= 0.6 is 0 Å². The summed E-state index contributed by atoms with van der Waals surface area (Å²) in [6.07, 6.45) is 0.259. The fraction of sp³-hybridized carbons (Fsp3) is 0.700. The molecule has 0 spiro atoms. The van der Waals surface area contributed by atoms with E-state index in [2.05, 4.69) is 23.8 Å². The van der Waals surface area contributed by atoms with Crippen LogP contribution in [0.2, 0.25) is 0 Å². The minimum Gasteiger partial charge on any atom is -0.384 e. The molecule has 1 atom stereocenters. The van der Waals surface area contributed by atoms with Crippen molar-refractivity contribution >= 4 is 0 Å².